The summed E-state index contributed by atoms with van der Waals surface area (Å²) in [6, 6.07) is 11.8. The summed E-state index contributed by atoms with van der Waals surface area (Å²) in [5, 5.41) is 13.9. The van der Waals surface area contributed by atoms with E-state index in [0.29, 0.717) is 13.0 Å². The van der Waals surface area contributed by atoms with Crippen molar-refractivity contribution in [1.82, 2.24) is 14.7 Å². The number of aromatic nitrogens is 2. The number of nitrogens with zero attached hydrogens (tertiary/aromatic N) is 3. The molecule has 3 rings (SSSR count). The molecule has 0 fully saturated rings. The van der Waals surface area contributed by atoms with E-state index in [2.05, 4.69) is 5.10 Å². The first-order valence-corrected chi connectivity index (χ1v) is 7.73. The second kappa shape index (κ2) is 6.75. The van der Waals surface area contributed by atoms with Gasteiger partial charge in [-0.05, 0) is 24.5 Å². The van der Waals surface area contributed by atoms with Gasteiger partial charge in [-0.25, -0.2) is 0 Å². The predicted molar refractivity (Wildman–Crippen MR) is 83.0 cm³/mol. The Bertz CT molecular complexity index is 624. The number of aliphatic hydroxyl groups is 1. The van der Waals surface area contributed by atoms with Crippen molar-refractivity contribution >= 4 is 5.91 Å². The molecule has 0 bridgehead atoms. The molecule has 1 atom stereocenters. The summed E-state index contributed by atoms with van der Waals surface area (Å²) in [5.74, 6) is 0.0950. The van der Waals surface area contributed by atoms with Crippen LogP contribution in [0.2, 0.25) is 0 Å². The summed E-state index contributed by atoms with van der Waals surface area (Å²) >= 11 is 0. The van der Waals surface area contributed by atoms with Crippen molar-refractivity contribution in [2.75, 3.05) is 6.61 Å². The molecule has 2 heterocycles. The minimum atomic E-state index is -0.120. The molecular weight excluding hydrogens is 278 g/mol. The summed E-state index contributed by atoms with van der Waals surface area (Å²) in [6.07, 6.45) is 3.70. The van der Waals surface area contributed by atoms with Crippen molar-refractivity contribution < 1.29 is 9.90 Å². The second-order valence-electron chi connectivity index (χ2n) is 5.68. The van der Waals surface area contributed by atoms with Crippen molar-refractivity contribution in [3.05, 3.63) is 53.9 Å². The van der Waals surface area contributed by atoms with E-state index < -0.39 is 0 Å². The molecule has 0 aliphatic carbocycles. The molecule has 5 heteroatoms. The Hall–Kier alpha value is -2.14. The molecule has 5 nitrogen and oxygen atoms in total. The van der Waals surface area contributed by atoms with Crippen molar-refractivity contribution in [2.24, 2.45) is 0 Å². The van der Waals surface area contributed by atoms with Crippen LogP contribution in [0, 0.1) is 0 Å². The van der Waals surface area contributed by atoms with Crippen LogP contribution in [0.5, 0.6) is 0 Å². The van der Waals surface area contributed by atoms with Gasteiger partial charge in [-0.2, -0.15) is 5.10 Å². The fourth-order valence-corrected chi connectivity index (χ4v) is 2.95. The highest BCUT2D eigenvalue weighted by molar-refractivity contribution is 5.76. The van der Waals surface area contributed by atoms with Gasteiger partial charge in [0.2, 0.25) is 5.91 Å². The number of benzene rings is 1. The standard InChI is InChI=1S/C17H21N3O2/c21-13-16-9-11-20-15(8-10-18-20)12-19(16)17(22)7-6-14-4-2-1-3-5-14/h1-5,8,10,16,21H,6-7,9,11-13H2/t16-/m1/s1. The molecule has 22 heavy (non-hydrogen) atoms. The predicted octanol–water partition coefficient (Wildman–Crippen LogP) is 1.61. The maximum Gasteiger partial charge on any atom is 0.223 e. The van der Waals surface area contributed by atoms with Gasteiger partial charge in [0.1, 0.15) is 0 Å². The smallest absolute Gasteiger partial charge is 0.223 e. The molecule has 1 aliphatic rings. The Labute approximate surface area is 130 Å². The third-order valence-electron chi connectivity index (χ3n) is 4.25. The Morgan fingerprint density at radius 2 is 2.09 bits per heavy atom. The number of carbonyl (C=O) groups excluding carboxylic acids is 1. The van der Waals surface area contributed by atoms with E-state index in [0.717, 1.165) is 30.6 Å². The van der Waals surface area contributed by atoms with Gasteiger partial charge in [-0.3, -0.25) is 9.48 Å². The average molecular weight is 299 g/mol. The SMILES string of the molecule is O=C(CCc1ccccc1)N1Cc2ccnn2CC[C@@H]1CO. The number of aliphatic hydroxyl groups excluding tert-OH is 1. The molecule has 116 valence electrons. The average Bonchev–Trinajstić information content (AvgIpc) is 2.92. The van der Waals surface area contributed by atoms with Crippen molar-refractivity contribution in [2.45, 2.75) is 38.4 Å². The molecule has 1 amide bonds. The Morgan fingerprint density at radius 1 is 1.27 bits per heavy atom. The highest BCUT2D eigenvalue weighted by atomic mass is 16.3. The van der Waals surface area contributed by atoms with Crippen LogP contribution in [-0.4, -0.2) is 38.3 Å². The van der Waals surface area contributed by atoms with Gasteiger partial charge in [0.15, 0.2) is 0 Å². The van der Waals surface area contributed by atoms with Crippen LogP contribution in [0.4, 0.5) is 0 Å². The van der Waals surface area contributed by atoms with Crippen LogP contribution in [-0.2, 0) is 24.3 Å². The molecule has 0 radical (unpaired) electrons. The highest BCUT2D eigenvalue weighted by Crippen LogP contribution is 2.18. The van der Waals surface area contributed by atoms with Gasteiger partial charge in [0.05, 0.1) is 24.9 Å². The minimum absolute atomic E-state index is 0.00190. The fraction of sp³-hybridized carbons (Fsp3) is 0.412. The van der Waals surface area contributed by atoms with Crippen molar-refractivity contribution in [3.8, 4) is 0 Å². The zero-order valence-electron chi connectivity index (χ0n) is 12.6. The van der Waals surface area contributed by atoms with Crippen LogP contribution in [0.1, 0.15) is 24.1 Å². The van der Waals surface area contributed by atoms with Gasteiger partial charge in [0, 0.05) is 19.2 Å². The highest BCUT2D eigenvalue weighted by Gasteiger charge is 2.27. The third kappa shape index (κ3) is 3.20. The lowest BCUT2D eigenvalue weighted by Crippen LogP contribution is -2.41. The minimum Gasteiger partial charge on any atom is -0.394 e. The van der Waals surface area contributed by atoms with E-state index in [1.54, 1.807) is 6.20 Å². The molecular formula is C17H21N3O2. The van der Waals surface area contributed by atoms with Crippen LogP contribution in [0.3, 0.4) is 0 Å². The number of fused-ring (bicyclic) bond motifs is 1. The van der Waals surface area contributed by atoms with Crippen LogP contribution in [0.15, 0.2) is 42.6 Å². The first-order valence-electron chi connectivity index (χ1n) is 7.73. The number of hydrogen-bond acceptors (Lipinski definition) is 3. The molecule has 1 aromatic heterocycles. The van der Waals surface area contributed by atoms with Crippen molar-refractivity contribution in [3.63, 3.8) is 0 Å². The molecule has 0 saturated carbocycles. The van der Waals surface area contributed by atoms with E-state index in [1.165, 1.54) is 0 Å². The summed E-state index contributed by atoms with van der Waals surface area (Å²) in [5.41, 5.74) is 2.19. The van der Waals surface area contributed by atoms with E-state index >= 15 is 0 Å². The number of aryl methyl sites for hydroxylation is 2. The molecule has 1 aromatic carbocycles. The summed E-state index contributed by atoms with van der Waals surface area (Å²) in [6.45, 7) is 1.27. The number of hydrogen-bond donors (Lipinski definition) is 1. The lowest BCUT2D eigenvalue weighted by Gasteiger charge is -2.28. The monoisotopic (exact) mass is 299 g/mol. The summed E-state index contributed by atoms with van der Waals surface area (Å²) < 4.78 is 1.92. The normalized spacial score (nSPS) is 17.9. The van der Waals surface area contributed by atoms with Gasteiger partial charge < -0.3 is 10.0 Å². The maximum absolute atomic E-state index is 12.6. The first kappa shape index (κ1) is 14.8. The van der Waals surface area contributed by atoms with E-state index in [1.807, 2.05) is 46.0 Å². The fourth-order valence-electron chi connectivity index (χ4n) is 2.95. The second-order valence-corrected chi connectivity index (χ2v) is 5.68. The number of amides is 1. The summed E-state index contributed by atoms with van der Waals surface area (Å²) in [4.78, 5) is 14.4. The quantitative estimate of drug-likeness (QED) is 0.933. The molecule has 1 N–H and O–H groups in total. The number of rotatable bonds is 4. The third-order valence-corrected chi connectivity index (χ3v) is 4.25. The van der Waals surface area contributed by atoms with E-state index in [9.17, 15) is 9.90 Å². The van der Waals surface area contributed by atoms with Crippen LogP contribution >= 0.6 is 0 Å². The molecule has 2 aromatic rings. The van der Waals surface area contributed by atoms with E-state index in [4.69, 9.17) is 0 Å². The van der Waals surface area contributed by atoms with Crippen LogP contribution in [0.25, 0.3) is 0 Å². The molecule has 0 saturated heterocycles. The van der Waals surface area contributed by atoms with Gasteiger partial charge in [-0.15, -0.1) is 0 Å². The van der Waals surface area contributed by atoms with Gasteiger partial charge in [0.25, 0.3) is 0 Å². The Morgan fingerprint density at radius 3 is 2.86 bits per heavy atom. The van der Waals surface area contributed by atoms with Gasteiger partial charge >= 0.3 is 0 Å². The first-order chi connectivity index (χ1) is 10.8. The zero-order valence-corrected chi connectivity index (χ0v) is 12.6. The summed E-state index contributed by atoms with van der Waals surface area (Å²) in [7, 11) is 0. The van der Waals surface area contributed by atoms with Gasteiger partial charge in [-0.1, -0.05) is 30.3 Å². The lowest BCUT2D eigenvalue weighted by atomic mass is 10.1. The Kier molecular flexibility index (Phi) is 4.53. The van der Waals surface area contributed by atoms with E-state index in [-0.39, 0.29) is 18.6 Å². The van der Waals surface area contributed by atoms with Crippen molar-refractivity contribution in [1.29, 1.82) is 0 Å². The largest absolute Gasteiger partial charge is 0.394 e. The molecule has 0 spiro atoms. The lowest BCUT2D eigenvalue weighted by molar-refractivity contribution is -0.135. The molecule has 0 unspecified atom stereocenters. The van der Waals surface area contributed by atoms with Crippen LogP contribution < -0.4 is 0 Å². The zero-order chi connectivity index (χ0) is 15.4. The number of carbonyl (C=O) groups is 1. The maximum atomic E-state index is 12.6. The molecule has 1 aliphatic heterocycles. The topological polar surface area (TPSA) is 58.4 Å². The Balaban J connectivity index is 1.69.